The third-order valence-corrected chi connectivity index (χ3v) is 2.83. The van der Waals surface area contributed by atoms with Crippen LogP contribution in [0.1, 0.15) is 18.9 Å². The van der Waals surface area contributed by atoms with Crippen molar-refractivity contribution in [2.75, 3.05) is 14.2 Å². The first-order chi connectivity index (χ1) is 8.13. The Kier molecular flexibility index (Phi) is 5.38. The second-order valence-electron chi connectivity index (χ2n) is 3.89. The van der Waals surface area contributed by atoms with Gasteiger partial charge in [0, 0.05) is 13.5 Å². The Morgan fingerprint density at radius 1 is 1.35 bits per heavy atom. The molecular weight excluding hydrogens is 223 g/mol. The molecule has 4 heteroatoms. The van der Waals surface area contributed by atoms with Crippen LogP contribution in [-0.2, 0) is 11.2 Å². The highest BCUT2D eigenvalue weighted by molar-refractivity contribution is 5.31. The van der Waals surface area contributed by atoms with Crippen LogP contribution in [0.15, 0.2) is 18.2 Å². The molecule has 0 aromatic heterocycles. The summed E-state index contributed by atoms with van der Waals surface area (Å²) >= 11 is 0. The summed E-state index contributed by atoms with van der Waals surface area (Å²) in [5.41, 5.74) is 0.437. The largest absolute Gasteiger partial charge is 0.494 e. The summed E-state index contributed by atoms with van der Waals surface area (Å²) in [6.45, 7) is 1.92. The molecule has 1 rings (SSSR count). The molecule has 0 aliphatic rings. The van der Waals surface area contributed by atoms with Crippen molar-refractivity contribution in [2.24, 2.45) is 0 Å². The zero-order valence-electron chi connectivity index (χ0n) is 10.4. The molecule has 0 heterocycles. The molecule has 96 valence electrons. The molecule has 0 radical (unpaired) electrons. The number of benzene rings is 1. The van der Waals surface area contributed by atoms with E-state index in [0.717, 1.165) is 0 Å². The van der Waals surface area contributed by atoms with E-state index >= 15 is 0 Å². The fourth-order valence-corrected chi connectivity index (χ4v) is 1.82. The maximum absolute atomic E-state index is 13.8. The maximum Gasteiger partial charge on any atom is 0.168 e. The van der Waals surface area contributed by atoms with Crippen LogP contribution in [0.5, 0.6) is 5.75 Å². The lowest BCUT2D eigenvalue weighted by Crippen LogP contribution is -2.29. The number of ether oxygens (including phenoxy) is 2. The first-order valence-corrected chi connectivity index (χ1v) is 5.66. The predicted octanol–water partition coefficient (Wildman–Crippen LogP) is 2.16. The molecule has 0 aliphatic heterocycles. The smallest absolute Gasteiger partial charge is 0.168 e. The van der Waals surface area contributed by atoms with Crippen LogP contribution in [0.3, 0.4) is 0 Å². The van der Waals surface area contributed by atoms with Gasteiger partial charge >= 0.3 is 0 Å². The molecule has 0 aliphatic carbocycles. The van der Waals surface area contributed by atoms with Gasteiger partial charge < -0.3 is 14.6 Å². The van der Waals surface area contributed by atoms with E-state index in [0.29, 0.717) is 12.0 Å². The van der Waals surface area contributed by atoms with Gasteiger partial charge in [-0.15, -0.1) is 0 Å². The second kappa shape index (κ2) is 6.57. The zero-order chi connectivity index (χ0) is 12.8. The van der Waals surface area contributed by atoms with Crippen molar-refractivity contribution < 1.29 is 19.0 Å². The van der Waals surface area contributed by atoms with Gasteiger partial charge in [-0.3, -0.25) is 0 Å². The molecule has 2 unspecified atom stereocenters. The Morgan fingerprint density at radius 3 is 2.59 bits per heavy atom. The van der Waals surface area contributed by atoms with Gasteiger partial charge in [-0.05, 0) is 18.1 Å². The molecule has 0 spiro atoms. The van der Waals surface area contributed by atoms with Gasteiger partial charge in [0.2, 0.25) is 0 Å². The van der Waals surface area contributed by atoms with Crippen LogP contribution in [-0.4, -0.2) is 31.5 Å². The molecule has 0 bridgehead atoms. The summed E-state index contributed by atoms with van der Waals surface area (Å²) in [7, 11) is 2.96. The monoisotopic (exact) mass is 242 g/mol. The van der Waals surface area contributed by atoms with Crippen LogP contribution < -0.4 is 4.74 Å². The van der Waals surface area contributed by atoms with E-state index in [-0.39, 0.29) is 18.3 Å². The molecule has 3 nitrogen and oxygen atoms in total. The molecule has 1 aromatic rings. The number of hydrogen-bond acceptors (Lipinski definition) is 3. The number of aliphatic hydroxyl groups excluding tert-OH is 1. The van der Waals surface area contributed by atoms with Gasteiger partial charge in [-0.1, -0.05) is 19.1 Å². The maximum atomic E-state index is 13.8. The van der Waals surface area contributed by atoms with Gasteiger partial charge in [-0.2, -0.15) is 0 Å². The number of hydrogen-bond donors (Lipinski definition) is 1. The molecule has 17 heavy (non-hydrogen) atoms. The van der Waals surface area contributed by atoms with Gasteiger partial charge in [0.05, 0.1) is 19.3 Å². The Balaban J connectivity index is 2.81. The highest BCUT2D eigenvalue weighted by atomic mass is 19.1. The van der Waals surface area contributed by atoms with Gasteiger partial charge in [0.1, 0.15) is 0 Å². The van der Waals surface area contributed by atoms with Crippen LogP contribution in [0.2, 0.25) is 0 Å². The fraction of sp³-hybridized carbons (Fsp3) is 0.538. The molecule has 1 aromatic carbocycles. The van der Waals surface area contributed by atoms with Crippen LogP contribution >= 0.6 is 0 Å². The third kappa shape index (κ3) is 3.41. The van der Waals surface area contributed by atoms with E-state index in [9.17, 15) is 9.50 Å². The molecule has 0 fully saturated rings. The summed E-state index contributed by atoms with van der Waals surface area (Å²) in [6, 6.07) is 4.90. The van der Waals surface area contributed by atoms with Gasteiger partial charge in [0.15, 0.2) is 11.6 Å². The average Bonchev–Trinajstić information content (AvgIpc) is 2.33. The van der Waals surface area contributed by atoms with Gasteiger partial charge in [0.25, 0.3) is 0 Å². The molecule has 1 N–H and O–H groups in total. The topological polar surface area (TPSA) is 38.7 Å². The highest BCUT2D eigenvalue weighted by Crippen LogP contribution is 2.22. The van der Waals surface area contributed by atoms with E-state index < -0.39 is 11.9 Å². The van der Waals surface area contributed by atoms with E-state index in [1.54, 1.807) is 25.3 Å². The van der Waals surface area contributed by atoms with E-state index in [1.807, 2.05) is 6.92 Å². The van der Waals surface area contributed by atoms with E-state index in [4.69, 9.17) is 9.47 Å². The average molecular weight is 242 g/mol. The fourth-order valence-electron chi connectivity index (χ4n) is 1.82. The van der Waals surface area contributed by atoms with Crippen molar-refractivity contribution in [3.63, 3.8) is 0 Å². The number of rotatable bonds is 6. The van der Waals surface area contributed by atoms with E-state index in [1.165, 1.54) is 7.11 Å². The molecular formula is C13H19FO3. The standard InChI is InChI=1S/C13H19FO3/c1-4-11(16-2)10(15)8-9-6-5-7-12(17-3)13(9)14/h5-7,10-11,15H,4,8H2,1-3H3. The Morgan fingerprint density at radius 2 is 2.06 bits per heavy atom. The van der Waals surface area contributed by atoms with Crippen molar-refractivity contribution in [1.82, 2.24) is 0 Å². The summed E-state index contributed by atoms with van der Waals surface area (Å²) in [6.07, 6.45) is -0.0919. The summed E-state index contributed by atoms with van der Waals surface area (Å²) in [5, 5.41) is 9.92. The van der Waals surface area contributed by atoms with Gasteiger partial charge in [-0.25, -0.2) is 4.39 Å². The minimum atomic E-state index is -0.716. The van der Waals surface area contributed by atoms with Crippen molar-refractivity contribution >= 4 is 0 Å². The summed E-state index contributed by atoms with van der Waals surface area (Å²) in [5.74, 6) is -0.222. The Labute approximate surface area is 101 Å². The molecule has 0 saturated heterocycles. The van der Waals surface area contributed by atoms with Crippen molar-refractivity contribution in [1.29, 1.82) is 0 Å². The van der Waals surface area contributed by atoms with Crippen LogP contribution in [0.25, 0.3) is 0 Å². The zero-order valence-corrected chi connectivity index (χ0v) is 10.4. The lowest BCUT2D eigenvalue weighted by molar-refractivity contribution is -0.0132. The first kappa shape index (κ1) is 13.9. The van der Waals surface area contributed by atoms with Crippen molar-refractivity contribution in [3.05, 3.63) is 29.6 Å². The number of halogens is 1. The summed E-state index contributed by atoms with van der Waals surface area (Å²) < 4.78 is 23.8. The normalized spacial score (nSPS) is 14.4. The van der Waals surface area contributed by atoms with Crippen LogP contribution in [0, 0.1) is 5.82 Å². The molecule has 2 atom stereocenters. The Bertz CT molecular complexity index is 351. The summed E-state index contributed by atoms with van der Waals surface area (Å²) in [4.78, 5) is 0. The number of aliphatic hydroxyl groups is 1. The van der Waals surface area contributed by atoms with Crippen LogP contribution in [0.4, 0.5) is 4.39 Å². The highest BCUT2D eigenvalue weighted by Gasteiger charge is 2.19. The van der Waals surface area contributed by atoms with Crippen molar-refractivity contribution in [2.45, 2.75) is 32.0 Å². The predicted molar refractivity (Wildman–Crippen MR) is 63.8 cm³/mol. The minimum absolute atomic E-state index is 0.195. The first-order valence-electron chi connectivity index (χ1n) is 5.66. The molecule has 0 amide bonds. The Hall–Kier alpha value is -1.13. The lowest BCUT2D eigenvalue weighted by Gasteiger charge is -2.20. The molecule has 0 saturated carbocycles. The quantitative estimate of drug-likeness (QED) is 0.830. The SMILES string of the molecule is CCC(OC)C(O)Cc1cccc(OC)c1F. The number of methoxy groups -OCH3 is 2. The minimum Gasteiger partial charge on any atom is -0.494 e. The second-order valence-corrected chi connectivity index (χ2v) is 3.89. The van der Waals surface area contributed by atoms with Crippen molar-refractivity contribution in [3.8, 4) is 5.75 Å². The third-order valence-electron chi connectivity index (χ3n) is 2.83. The lowest BCUT2D eigenvalue weighted by atomic mass is 10.0. The van der Waals surface area contributed by atoms with E-state index in [2.05, 4.69) is 0 Å².